The van der Waals surface area contributed by atoms with Crippen LogP contribution in [0.4, 0.5) is 5.69 Å². The number of aliphatic imine (C=N–C) groups is 1. The van der Waals surface area contributed by atoms with E-state index in [2.05, 4.69) is 51.6 Å². The van der Waals surface area contributed by atoms with Gasteiger partial charge in [0.15, 0.2) is 0 Å². The predicted molar refractivity (Wildman–Crippen MR) is 95.6 cm³/mol. The van der Waals surface area contributed by atoms with E-state index < -0.39 is 10.0 Å². The van der Waals surface area contributed by atoms with Crippen molar-refractivity contribution in [3.63, 3.8) is 0 Å². The summed E-state index contributed by atoms with van der Waals surface area (Å²) in [7, 11) is -1.48. The van der Waals surface area contributed by atoms with Crippen molar-refractivity contribution in [3.05, 3.63) is 35.5 Å². The molecule has 4 N–H and O–H groups in total. The molecule has 6 nitrogen and oxygen atoms in total. The molecule has 0 fully saturated rings. The summed E-state index contributed by atoms with van der Waals surface area (Å²) in [4.78, 5) is 6.90. The summed E-state index contributed by atoms with van der Waals surface area (Å²) in [5.41, 5.74) is 9.56. The molecule has 2 rings (SSSR count). The van der Waals surface area contributed by atoms with Crippen molar-refractivity contribution in [1.29, 1.82) is 0 Å². The molecule has 128 valence electrons. The van der Waals surface area contributed by atoms with Gasteiger partial charge in [0, 0.05) is 24.1 Å². The predicted octanol–water partition coefficient (Wildman–Crippen LogP) is 2.34. The number of nitrogens with two attached hydrogens (primary N) is 2. The van der Waals surface area contributed by atoms with E-state index in [0.29, 0.717) is 5.69 Å². The topological polar surface area (TPSA) is 102 Å². The van der Waals surface area contributed by atoms with Crippen LogP contribution in [0.2, 0.25) is 0 Å². The molecule has 1 heterocycles. The van der Waals surface area contributed by atoms with Crippen LogP contribution in [0.5, 0.6) is 0 Å². The molecule has 1 aliphatic rings. The molecule has 0 bridgehead atoms. The van der Waals surface area contributed by atoms with Crippen molar-refractivity contribution in [3.8, 4) is 0 Å². The summed E-state index contributed by atoms with van der Waals surface area (Å²) in [6, 6.07) is 5.70. The highest BCUT2D eigenvalue weighted by Gasteiger charge is 2.27. The van der Waals surface area contributed by atoms with E-state index >= 15 is 0 Å². The van der Waals surface area contributed by atoms with Gasteiger partial charge in [-0.05, 0) is 64.5 Å². The maximum Gasteiger partial charge on any atom is 0.238 e. The zero-order valence-corrected chi connectivity index (χ0v) is 15.4. The number of primary sulfonamides is 1. The fourth-order valence-electron chi connectivity index (χ4n) is 2.15. The molecule has 0 unspecified atom stereocenters. The van der Waals surface area contributed by atoms with E-state index in [-0.39, 0.29) is 10.6 Å². The van der Waals surface area contributed by atoms with Crippen molar-refractivity contribution in [2.45, 2.75) is 45.2 Å². The first-order valence-electron chi connectivity index (χ1n) is 7.22. The number of allylic oxidation sites excluding steroid dienone is 2. The second kappa shape index (κ2) is 6.72. The summed E-state index contributed by atoms with van der Waals surface area (Å²) in [6.45, 7) is 10.6. The Morgan fingerprint density at radius 2 is 1.57 bits per heavy atom. The van der Waals surface area contributed by atoms with Crippen LogP contribution in [0.3, 0.4) is 0 Å². The Bertz CT molecular complexity index is 732. The molecule has 0 radical (unpaired) electrons. The van der Waals surface area contributed by atoms with E-state index in [1.807, 2.05) is 0 Å². The van der Waals surface area contributed by atoms with Gasteiger partial charge in [-0.2, -0.15) is 0 Å². The number of hydrogen-bond donors (Lipinski definition) is 2. The largest absolute Gasteiger partial charge is 0.399 e. The minimum absolute atomic E-state index is 0.0756. The fourth-order valence-corrected chi connectivity index (χ4v) is 2.67. The van der Waals surface area contributed by atoms with Gasteiger partial charge in [0.1, 0.15) is 5.66 Å². The maximum absolute atomic E-state index is 10.7. The molecule has 7 heteroatoms. The van der Waals surface area contributed by atoms with Gasteiger partial charge in [-0.15, -0.1) is 0 Å². The van der Waals surface area contributed by atoms with Crippen molar-refractivity contribution in [2.75, 3.05) is 12.8 Å². The smallest absolute Gasteiger partial charge is 0.238 e. The lowest BCUT2D eigenvalue weighted by Gasteiger charge is -2.39. The average molecular weight is 338 g/mol. The standard InChI is InChI=1S/C10H18N2.C6H8N2O2S/c1-7-8(2)11-10(4,5)12(6)9(7)3;7-5-1-3-6(4-2-5)11(8,9)10/h1-6H3;1-4H,7H2,(H2,8,9,10). The van der Waals surface area contributed by atoms with E-state index in [1.165, 1.54) is 35.5 Å². The van der Waals surface area contributed by atoms with Gasteiger partial charge in [0.05, 0.1) is 4.90 Å². The number of benzene rings is 1. The first-order chi connectivity index (χ1) is 10.4. The van der Waals surface area contributed by atoms with E-state index in [4.69, 9.17) is 10.9 Å². The molecule has 0 aliphatic carbocycles. The Morgan fingerprint density at radius 3 is 2.00 bits per heavy atom. The van der Waals surface area contributed by atoms with Crippen molar-refractivity contribution in [2.24, 2.45) is 10.1 Å². The summed E-state index contributed by atoms with van der Waals surface area (Å²) in [5, 5.41) is 4.84. The molecule has 0 amide bonds. The van der Waals surface area contributed by atoms with Crippen LogP contribution in [0.1, 0.15) is 34.6 Å². The maximum atomic E-state index is 10.7. The number of anilines is 1. The summed E-state index contributed by atoms with van der Waals surface area (Å²) in [5.74, 6) is 0. The van der Waals surface area contributed by atoms with Crippen molar-refractivity contribution < 1.29 is 8.42 Å². The van der Waals surface area contributed by atoms with Gasteiger partial charge >= 0.3 is 0 Å². The summed E-state index contributed by atoms with van der Waals surface area (Å²) in [6.07, 6.45) is 0. The minimum atomic E-state index is -3.58. The van der Waals surface area contributed by atoms with Crippen LogP contribution in [-0.4, -0.2) is 31.7 Å². The molecule has 23 heavy (non-hydrogen) atoms. The Hall–Kier alpha value is -1.86. The van der Waals surface area contributed by atoms with Crippen LogP contribution in [-0.2, 0) is 10.0 Å². The van der Waals surface area contributed by atoms with Gasteiger partial charge in [0.25, 0.3) is 0 Å². The highest BCUT2D eigenvalue weighted by Crippen LogP contribution is 2.27. The zero-order valence-electron chi connectivity index (χ0n) is 14.6. The minimum Gasteiger partial charge on any atom is -0.399 e. The second-order valence-electron chi connectivity index (χ2n) is 6.08. The van der Waals surface area contributed by atoms with Crippen LogP contribution >= 0.6 is 0 Å². The first-order valence-corrected chi connectivity index (χ1v) is 8.77. The lowest BCUT2D eigenvalue weighted by molar-refractivity contribution is 0.209. The number of rotatable bonds is 1. The number of nitrogen functional groups attached to an aromatic ring is 1. The third kappa shape index (κ3) is 4.80. The molecule has 0 spiro atoms. The lowest BCUT2D eigenvalue weighted by atomic mass is 10.0. The number of hydrogen-bond acceptors (Lipinski definition) is 5. The molecule has 0 aromatic heterocycles. The first kappa shape index (κ1) is 19.2. The molecule has 0 atom stereocenters. The van der Waals surface area contributed by atoms with Crippen LogP contribution < -0.4 is 10.9 Å². The van der Waals surface area contributed by atoms with Gasteiger partial charge < -0.3 is 10.6 Å². The summed E-state index contributed by atoms with van der Waals surface area (Å²) < 4.78 is 21.4. The van der Waals surface area contributed by atoms with Crippen LogP contribution in [0.15, 0.2) is 45.4 Å². The molecule has 1 aliphatic heterocycles. The third-order valence-electron chi connectivity index (χ3n) is 4.06. The summed E-state index contributed by atoms with van der Waals surface area (Å²) >= 11 is 0. The van der Waals surface area contributed by atoms with Crippen molar-refractivity contribution in [1.82, 2.24) is 4.90 Å². The average Bonchev–Trinajstić information content (AvgIpc) is 2.43. The van der Waals surface area contributed by atoms with Crippen LogP contribution in [0.25, 0.3) is 0 Å². The SMILES string of the molecule is CC1=NC(C)(C)N(C)C(C)=C1C.Nc1ccc(S(N)(=O)=O)cc1. The van der Waals surface area contributed by atoms with E-state index in [9.17, 15) is 8.42 Å². The van der Waals surface area contributed by atoms with Crippen LogP contribution in [0, 0.1) is 0 Å². The quantitative estimate of drug-likeness (QED) is 0.767. The van der Waals surface area contributed by atoms with E-state index in [0.717, 1.165) is 5.71 Å². The van der Waals surface area contributed by atoms with Gasteiger partial charge in [-0.25, -0.2) is 13.6 Å². The Morgan fingerprint density at radius 1 is 1.09 bits per heavy atom. The Kier molecular flexibility index (Phi) is 5.60. The zero-order chi connectivity index (χ0) is 18.0. The molecular formula is C16H26N4O2S. The molecule has 1 aromatic carbocycles. The monoisotopic (exact) mass is 338 g/mol. The number of sulfonamides is 1. The molecule has 0 saturated heterocycles. The van der Waals surface area contributed by atoms with Crippen molar-refractivity contribution >= 4 is 21.4 Å². The molecular weight excluding hydrogens is 312 g/mol. The fraction of sp³-hybridized carbons (Fsp3) is 0.438. The Balaban J connectivity index is 0.000000231. The highest BCUT2D eigenvalue weighted by atomic mass is 32.2. The van der Waals surface area contributed by atoms with Gasteiger partial charge in [-0.1, -0.05) is 0 Å². The lowest BCUT2D eigenvalue weighted by Crippen LogP contribution is -2.42. The van der Waals surface area contributed by atoms with Gasteiger partial charge in [0.2, 0.25) is 10.0 Å². The molecule has 1 aromatic rings. The normalized spacial score (nSPS) is 17.3. The van der Waals surface area contributed by atoms with Gasteiger partial charge in [-0.3, -0.25) is 4.99 Å². The third-order valence-corrected chi connectivity index (χ3v) is 4.99. The highest BCUT2D eigenvalue weighted by molar-refractivity contribution is 7.89. The number of nitrogens with zero attached hydrogens (tertiary/aromatic N) is 2. The second-order valence-corrected chi connectivity index (χ2v) is 7.64. The molecule has 0 saturated carbocycles. The van der Waals surface area contributed by atoms with E-state index in [1.54, 1.807) is 0 Å². The Labute approximate surface area is 138 Å².